The number of hydrogen-bond acceptors (Lipinski definition) is 5. The first-order valence-corrected chi connectivity index (χ1v) is 9.80. The van der Waals surface area contributed by atoms with Crippen LogP contribution in [0.25, 0.3) is 0 Å². The van der Waals surface area contributed by atoms with Gasteiger partial charge >= 0.3 is 0 Å². The molecule has 132 valence electrons. The van der Waals surface area contributed by atoms with Crippen molar-refractivity contribution in [2.24, 2.45) is 0 Å². The summed E-state index contributed by atoms with van der Waals surface area (Å²) in [6.07, 6.45) is 7.20. The van der Waals surface area contributed by atoms with Gasteiger partial charge in [-0.05, 0) is 30.5 Å². The van der Waals surface area contributed by atoms with E-state index in [2.05, 4.69) is 15.3 Å². The molecule has 8 heteroatoms. The van der Waals surface area contributed by atoms with Gasteiger partial charge in [-0.2, -0.15) is 0 Å². The summed E-state index contributed by atoms with van der Waals surface area (Å²) in [5.41, 5.74) is 1.37. The predicted molar refractivity (Wildman–Crippen MR) is 94.5 cm³/mol. The third-order valence-electron chi connectivity index (χ3n) is 4.04. The van der Waals surface area contributed by atoms with Crippen molar-refractivity contribution in [2.75, 3.05) is 18.4 Å². The van der Waals surface area contributed by atoms with Crippen LogP contribution in [0.3, 0.4) is 0 Å². The molecule has 0 radical (unpaired) electrons. The Labute approximate surface area is 147 Å². The fourth-order valence-electron chi connectivity index (χ4n) is 2.80. The number of rotatable bonds is 5. The molecule has 25 heavy (non-hydrogen) atoms. The molecule has 1 aromatic heterocycles. The Balaban J connectivity index is 1.70. The summed E-state index contributed by atoms with van der Waals surface area (Å²) < 4.78 is 26.6. The van der Waals surface area contributed by atoms with Crippen molar-refractivity contribution in [3.63, 3.8) is 0 Å². The topological polar surface area (TPSA) is 92.3 Å². The molecule has 1 aromatic carbocycles. The van der Waals surface area contributed by atoms with Crippen LogP contribution < -0.4 is 5.32 Å². The summed E-state index contributed by atoms with van der Waals surface area (Å²) in [4.78, 5) is 19.9. The number of carbonyl (C=O) groups excluding carboxylic acids is 1. The molecule has 7 nitrogen and oxygen atoms in total. The van der Waals surface area contributed by atoms with E-state index in [0.29, 0.717) is 24.3 Å². The van der Waals surface area contributed by atoms with Crippen LogP contribution in [0.5, 0.6) is 0 Å². The van der Waals surface area contributed by atoms with Gasteiger partial charge in [0, 0.05) is 31.2 Å². The molecule has 0 unspecified atom stereocenters. The molecule has 0 bridgehead atoms. The lowest BCUT2D eigenvalue weighted by Gasteiger charge is -2.25. The first-order chi connectivity index (χ1) is 12.0. The van der Waals surface area contributed by atoms with E-state index in [-0.39, 0.29) is 17.4 Å². The second-order valence-electron chi connectivity index (χ2n) is 5.96. The molecule has 3 rings (SSSR count). The number of piperidine rings is 1. The summed E-state index contributed by atoms with van der Waals surface area (Å²) in [5.74, 6) is -0.453. The Morgan fingerprint density at radius 2 is 1.96 bits per heavy atom. The van der Waals surface area contributed by atoms with Gasteiger partial charge in [-0.25, -0.2) is 17.7 Å². The highest BCUT2D eigenvalue weighted by Gasteiger charge is 2.24. The predicted octanol–water partition coefficient (Wildman–Crippen LogP) is 2.04. The number of anilines is 1. The van der Waals surface area contributed by atoms with E-state index >= 15 is 0 Å². The van der Waals surface area contributed by atoms with Crippen molar-refractivity contribution >= 4 is 21.6 Å². The van der Waals surface area contributed by atoms with Crippen LogP contribution in [0.4, 0.5) is 5.69 Å². The number of amides is 1. The molecule has 1 aliphatic rings. The van der Waals surface area contributed by atoms with Crippen molar-refractivity contribution in [1.29, 1.82) is 0 Å². The summed E-state index contributed by atoms with van der Waals surface area (Å²) in [6, 6.07) is 6.87. The lowest BCUT2D eigenvalue weighted by molar-refractivity contribution is 0.102. The van der Waals surface area contributed by atoms with E-state index in [4.69, 9.17) is 0 Å². The number of sulfonamides is 1. The average Bonchev–Trinajstić information content (AvgIpc) is 2.63. The van der Waals surface area contributed by atoms with Crippen molar-refractivity contribution in [3.05, 3.63) is 54.1 Å². The van der Waals surface area contributed by atoms with Crippen molar-refractivity contribution in [1.82, 2.24) is 14.3 Å². The summed E-state index contributed by atoms with van der Waals surface area (Å²) in [5, 5.41) is 2.71. The standard InChI is InChI=1S/C17H20N4O3S/c22-17(16-12-18-7-8-19-16)20-15-6-4-5-14(11-15)13-25(23,24)21-9-2-1-3-10-21/h4-8,11-12H,1-3,9-10,13H2,(H,20,22). The minimum absolute atomic E-state index is 0.0676. The van der Waals surface area contributed by atoms with E-state index in [0.717, 1.165) is 19.3 Å². The Bertz CT molecular complexity index is 834. The number of benzene rings is 1. The Kier molecular flexibility index (Phi) is 5.40. The molecule has 1 saturated heterocycles. The summed E-state index contributed by atoms with van der Waals surface area (Å²) in [7, 11) is -3.34. The highest BCUT2D eigenvalue weighted by Crippen LogP contribution is 2.19. The summed E-state index contributed by atoms with van der Waals surface area (Å²) in [6.45, 7) is 1.18. The van der Waals surface area contributed by atoms with Crippen LogP contribution in [-0.4, -0.2) is 41.7 Å². The smallest absolute Gasteiger partial charge is 0.275 e. The molecule has 2 aromatic rings. The molecule has 0 saturated carbocycles. The largest absolute Gasteiger partial charge is 0.321 e. The molecule has 0 atom stereocenters. The number of nitrogens with zero attached hydrogens (tertiary/aromatic N) is 3. The lowest BCUT2D eigenvalue weighted by atomic mass is 10.2. The third-order valence-corrected chi connectivity index (χ3v) is 5.89. The van der Waals surface area contributed by atoms with E-state index in [1.807, 2.05) is 0 Å². The molecular formula is C17H20N4O3S. The van der Waals surface area contributed by atoms with Gasteiger partial charge in [-0.15, -0.1) is 0 Å². The van der Waals surface area contributed by atoms with Crippen LogP contribution in [0.2, 0.25) is 0 Å². The minimum Gasteiger partial charge on any atom is -0.321 e. The molecular weight excluding hydrogens is 340 g/mol. The SMILES string of the molecule is O=C(Nc1cccc(CS(=O)(=O)N2CCCCC2)c1)c1cnccn1. The van der Waals surface area contributed by atoms with E-state index in [1.165, 1.54) is 18.6 Å². The number of hydrogen-bond donors (Lipinski definition) is 1. The van der Waals surface area contributed by atoms with Crippen LogP contribution in [-0.2, 0) is 15.8 Å². The highest BCUT2D eigenvalue weighted by molar-refractivity contribution is 7.88. The molecule has 1 aliphatic heterocycles. The van der Waals surface area contributed by atoms with E-state index < -0.39 is 10.0 Å². The number of aromatic nitrogens is 2. The van der Waals surface area contributed by atoms with Gasteiger partial charge in [0.05, 0.1) is 11.9 Å². The zero-order chi connectivity index (χ0) is 17.7. The van der Waals surface area contributed by atoms with E-state index in [1.54, 1.807) is 28.6 Å². The van der Waals surface area contributed by atoms with Crippen LogP contribution in [0.15, 0.2) is 42.9 Å². The molecule has 2 heterocycles. The quantitative estimate of drug-likeness (QED) is 0.881. The van der Waals surface area contributed by atoms with Gasteiger partial charge in [-0.1, -0.05) is 18.6 Å². The van der Waals surface area contributed by atoms with Crippen LogP contribution in [0, 0.1) is 0 Å². The van der Waals surface area contributed by atoms with Crippen molar-refractivity contribution in [3.8, 4) is 0 Å². The van der Waals surface area contributed by atoms with Crippen LogP contribution >= 0.6 is 0 Å². The number of carbonyl (C=O) groups is 1. The normalized spacial score (nSPS) is 15.7. The maximum atomic E-state index is 12.5. The first-order valence-electron chi connectivity index (χ1n) is 8.19. The summed E-state index contributed by atoms with van der Waals surface area (Å²) >= 11 is 0. The first kappa shape index (κ1) is 17.5. The fraction of sp³-hybridized carbons (Fsp3) is 0.353. The fourth-order valence-corrected chi connectivity index (χ4v) is 4.39. The Morgan fingerprint density at radius 3 is 2.68 bits per heavy atom. The lowest BCUT2D eigenvalue weighted by Crippen LogP contribution is -2.36. The van der Waals surface area contributed by atoms with Gasteiger partial charge in [0.1, 0.15) is 5.69 Å². The average molecular weight is 360 g/mol. The second-order valence-corrected chi connectivity index (χ2v) is 7.93. The molecule has 1 amide bonds. The molecule has 1 N–H and O–H groups in total. The highest BCUT2D eigenvalue weighted by atomic mass is 32.2. The van der Waals surface area contributed by atoms with Gasteiger partial charge in [0.25, 0.3) is 5.91 Å². The molecule has 0 spiro atoms. The maximum Gasteiger partial charge on any atom is 0.275 e. The van der Waals surface area contributed by atoms with Crippen molar-refractivity contribution in [2.45, 2.75) is 25.0 Å². The number of nitrogens with one attached hydrogen (secondary N) is 1. The van der Waals surface area contributed by atoms with Gasteiger partial charge < -0.3 is 5.32 Å². The molecule has 1 fully saturated rings. The van der Waals surface area contributed by atoms with E-state index in [9.17, 15) is 13.2 Å². The van der Waals surface area contributed by atoms with Gasteiger partial charge in [-0.3, -0.25) is 9.78 Å². The zero-order valence-electron chi connectivity index (χ0n) is 13.8. The van der Waals surface area contributed by atoms with Crippen LogP contribution in [0.1, 0.15) is 35.3 Å². The Morgan fingerprint density at radius 1 is 1.16 bits per heavy atom. The van der Waals surface area contributed by atoms with Gasteiger partial charge in [0.15, 0.2) is 0 Å². The maximum absolute atomic E-state index is 12.5. The zero-order valence-corrected chi connectivity index (χ0v) is 14.6. The van der Waals surface area contributed by atoms with Crippen molar-refractivity contribution < 1.29 is 13.2 Å². The third kappa shape index (κ3) is 4.61. The van der Waals surface area contributed by atoms with Gasteiger partial charge in [0.2, 0.25) is 10.0 Å². The Hall–Kier alpha value is -2.32. The monoisotopic (exact) mass is 360 g/mol. The molecule has 0 aliphatic carbocycles. The minimum atomic E-state index is -3.34. The second kappa shape index (κ2) is 7.71.